The topological polar surface area (TPSA) is 59.1 Å². The van der Waals surface area contributed by atoms with E-state index in [0.29, 0.717) is 10.9 Å². The Morgan fingerprint density at radius 1 is 1.09 bits per heavy atom. The summed E-state index contributed by atoms with van der Waals surface area (Å²) in [7, 11) is -3.89. The fourth-order valence-corrected chi connectivity index (χ4v) is 3.60. The minimum absolute atomic E-state index is 0.0169. The van der Waals surface area contributed by atoms with Gasteiger partial charge in [0.2, 0.25) is 0 Å². The Kier molecular flexibility index (Phi) is 3.72. The molecule has 1 aromatic heterocycles. The first-order valence-electron chi connectivity index (χ1n) is 6.29. The molecule has 4 nitrogen and oxygen atoms in total. The molecule has 0 saturated heterocycles. The molecule has 1 N–H and O–H groups in total. The van der Waals surface area contributed by atoms with E-state index >= 15 is 0 Å². The smallest absolute Gasteiger partial charge is 0.264 e. The van der Waals surface area contributed by atoms with Crippen molar-refractivity contribution in [3.8, 4) is 0 Å². The molecule has 0 saturated carbocycles. The van der Waals surface area contributed by atoms with Crippen LogP contribution in [0.1, 0.15) is 0 Å². The number of nitrogens with zero attached hydrogens (tertiary/aromatic N) is 1. The Morgan fingerprint density at radius 2 is 1.86 bits per heavy atom. The van der Waals surface area contributed by atoms with E-state index in [2.05, 4.69) is 9.71 Å². The van der Waals surface area contributed by atoms with E-state index in [4.69, 9.17) is 11.6 Å². The van der Waals surface area contributed by atoms with E-state index in [9.17, 15) is 12.8 Å². The fourth-order valence-electron chi connectivity index (χ4n) is 2.07. The zero-order valence-electron chi connectivity index (χ0n) is 11.1. The SMILES string of the molecule is O=S(=O)(Nc1ccc(F)cc1Cl)c1cccc2cccnc12. The molecule has 0 fully saturated rings. The summed E-state index contributed by atoms with van der Waals surface area (Å²) in [6, 6.07) is 11.8. The van der Waals surface area contributed by atoms with Gasteiger partial charge in [-0.25, -0.2) is 12.8 Å². The normalized spacial score (nSPS) is 11.5. The summed E-state index contributed by atoms with van der Waals surface area (Å²) in [5, 5.41) is 0.687. The highest BCUT2D eigenvalue weighted by Gasteiger charge is 2.19. The van der Waals surface area contributed by atoms with Crippen LogP contribution in [0.2, 0.25) is 5.02 Å². The number of anilines is 1. The van der Waals surface area contributed by atoms with Crippen LogP contribution in [0.25, 0.3) is 10.9 Å². The van der Waals surface area contributed by atoms with Crippen LogP contribution in [0.4, 0.5) is 10.1 Å². The summed E-state index contributed by atoms with van der Waals surface area (Å²) < 4.78 is 40.5. The first-order chi connectivity index (χ1) is 10.5. The van der Waals surface area contributed by atoms with Crippen LogP contribution in [0, 0.1) is 5.82 Å². The largest absolute Gasteiger partial charge is 0.278 e. The van der Waals surface area contributed by atoms with E-state index in [-0.39, 0.29) is 15.6 Å². The van der Waals surface area contributed by atoms with Crippen molar-refractivity contribution >= 4 is 38.2 Å². The van der Waals surface area contributed by atoms with Gasteiger partial charge in [-0.3, -0.25) is 9.71 Å². The van der Waals surface area contributed by atoms with Crippen molar-refractivity contribution in [1.29, 1.82) is 0 Å². The Hall–Kier alpha value is -2.18. The molecule has 0 spiro atoms. The number of fused-ring (bicyclic) bond motifs is 1. The van der Waals surface area contributed by atoms with Gasteiger partial charge in [0, 0.05) is 11.6 Å². The van der Waals surface area contributed by atoms with Gasteiger partial charge in [-0.1, -0.05) is 29.8 Å². The highest BCUT2D eigenvalue weighted by Crippen LogP contribution is 2.27. The lowest BCUT2D eigenvalue weighted by Crippen LogP contribution is -2.14. The maximum Gasteiger partial charge on any atom is 0.264 e. The number of pyridine rings is 1. The summed E-state index contributed by atoms with van der Waals surface area (Å²) in [6.45, 7) is 0. The van der Waals surface area contributed by atoms with Gasteiger partial charge in [-0.2, -0.15) is 0 Å². The second kappa shape index (κ2) is 5.55. The number of aromatic nitrogens is 1. The number of benzene rings is 2. The van der Waals surface area contributed by atoms with E-state index in [1.165, 1.54) is 18.3 Å². The molecule has 3 rings (SSSR count). The van der Waals surface area contributed by atoms with Gasteiger partial charge in [0.15, 0.2) is 0 Å². The molecule has 0 aliphatic heterocycles. The van der Waals surface area contributed by atoms with Gasteiger partial charge in [0.25, 0.3) is 10.0 Å². The van der Waals surface area contributed by atoms with E-state index in [1.54, 1.807) is 24.3 Å². The first-order valence-corrected chi connectivity index (χ1v) is 8.15. The molecule has 0 bridgehead atoms. The van der Waals surface area contributed by atoms with Crippen LogP contribution in [-0.2, 0) is 10.0 Å². The molecule has 0 aliphatic rings. The van der Waals surface area contributed by atoms with Crippen molar-refractivity contribution in [3.63, 3.8) is 0 Å². The molecule has 1 heterocycles. The Balaban J connectivity index is 2.09. The second-order valence-electron chi connectivity index (χ2n) is 4.56. The molecule has 0 radical (unpaired) electrons. The van der Waals surface area contributed by atoms with Crippen LogP contribution >= 0.6 is 11.6 Å². The lowest BCUT2D eigenvalue weighted by molar-refractivity contribution is 0.601. The molecule has 0 amide bonds. The quantitative estimate of drug-likeness (QED) is 0.790. The van der Waals surface area contributed by atoms with E-state index in [1.807, 2.05) is 0 Å². The van der Waals surface area contributed by atoms with E-state index < -0.39 is 15.8 Å². The number of para-hydroxylation sites is 1. The van der Waals surface area contributed by atoms with Crippen molar-refractivity contribution in [2.45, 2.75) is 4.90 Å². The predicted molar refractivity (Wildman–Crippen MR) is 84.0 cm³/mol. The third kappa shape index (κ3) is 2.75. The standard InChI is InChI=1S/C15H10ClFN2O2S/c16-12-9-11(17)6-7-13(12)19-22(20,21)14-5-1-3-10-4-2-8-18-15(10)14/h1-9,19H. The van der Waals surface area contributed by atoms with Gasteiger partial charge in [0.05, 0.1) is 16.2 Å². The fraction of sp³-hybridized carbons (Fsp3) is 0. The monoisotopic (exact) mass is 336 g/mol. The average Bonchev–Trinajstić information content (AvgIpc) is 2.49. The van der Waals surface area contributed by atoms with Crippen LogP contribution in [0.3, 0.4) is 0 Å². The minimum Gasteiger partial charge on any atom is -0.278 e. The molecular weight excluding hydrogens is 327 g/mol. The number of halogens is 2. The van der Waals surface area contributed by atoms with Crippen molar-refractivity contribution in [1.82, 2.24) is 4.98 Å². The zero-order valence-corrected chi connectivity index (χ0v) is 12.7. The van der Waals surface area contributed by atoms with E-state index in [0.717, 1.165) is 12.1 Å². The van der Waals surface area contributed by atoms with Gasteiger partial charge in [-0.05, 0) is 30.3 Å². The summed E-state index contributed by atoms with van der Waals surface area (Å²) in [4.78, 5) is 4.15. The summed E-state index contributed by atoms with van der Waals surface area (Å²) in [5.74, 6) is -0.542. The highest BCUT2D eigenvalue weighted by atomic mass is 35.5. The lowest BCUT2D eigenvalue weighted by atomic mass is 10.2. The number of sulfonamides is 1. The number of hydrogen-bond acceptors (Lipinski definition) is 3. The van der Waals surface area contributed by atoms with Crippen molar-refractivity contribution in [2.75, 3.05) is 4.72 Å². The maximum absolute atomic E-state index is 13.0. The summed E-state index contributed by atoms with van der Waals surface area (Å²) in [5.41, 5.74) is 0.465. The van der Waals surface area contributed by atoms with Gasteiger partial charge < -0.3 is 0 Å². The minimum atomic E-state index is -3.89. The summed E-state index contributed by atoms with van der Waals surface area (Å²) >= 11 is 5.86. The third-order valence-corrected chi connectivity index (χ3v) is 4.77. The van der Waals surface area contributed by atoms with Crippen molar-refractivity contribution < 1.29 is 12.8 Å². The van der Waals surface area contributed by atoms with Crippen LogP contribution in [-0.4, -0.2) is 13.4 Å². The lowest BCUT2D eigenvalue weighted by Gasteiger charge is -2.11. The van der Waals surface area contributed by atoms with Crippen LogP contribution in [0.5, 0.6) is 0 Å². The number of nitrogens with one attached hydrogen (secondary N) is 1. The first kappa shape index (κ1) is 14.7. The van der Waals surface area contributed by atoms with Crippen LogP contribution in [0.15, 0.2) is 59.6 Å². The molecule has 0 atom stereocenters. The summed E-state index contributed by atoms with van der Waals surface area (Å²) in [6.07, 6.45) is 1.52. The molecule has 2 aromatic carbocycles. The Morgan fingerprint density at radius 3 is 2.64 bits per heavy atom. The maximum atomic E-state index is 13.0. The number of hydrogen-bond donors (Lipinski definition) is 1. The van der Waals surface area contributed by atoms with Gasteiger partial charge >= 0.3 is 0 Å². The zero-order chi connectivity index (χ0) is 15.7. The number of rotatable bonds is 3. The van der Waals surface area contributed by atoms with Gasteiger partial charge in [-0.15, -0.1) is 0 Å². The third-order valence-electron chi connectivity index (χ3n) is 3.06. The molecule has 0 aliphatic carbocycles. The Bertz CT molecular complexity index is 955. The molecule has 7 heteroatoms. The molecule has 112 valence electrons. The molecule has 3 aromatic rings. The second-order valence-corrected chi connectivity index (χ2v) is 6.62. The van der Waals surface area contributed by atoms with Crippen molar-refractivity contribution in [3.05, 3.63) is 65.6 Å². The van der Waals surface area contributed by atoms with Crippen molar-refractivity contribution in [2.24, 2.45) is 0 Å². The Labute approximate surface area is 131 Å². The molecule has 0 unspecified atom stereocenters. The molecule has 22 heavy (non-hydrogen) atoms. The average molecular weight is 337 g/mol. The van der Waals surface area contributed by atoms with Crippen LogP contribution < -0.4 is 4.72 Å². The molecular formula is C15H10ClFN2O2S. The highest BCUT2D eigenvalue weighted by molar-refractivity contribution is 7.93. The van der Waals surface area contributed by atoms with Gasteiger partial charge in [0.1, 0.15) is 10.7 Å². The predicted octanol–water partition coefficient (Wildman–Crippen LogP) is 3.83.